The maximum Gasteiger partial charge on any atom is 0.341 e. The zero-order valence-corrected chi connectivity index (χ0v) is 18.4. The summed E-state index contributed by atoms with van der Waals surface area (Å²) in [5.41, 5.74) is -0.163. The Morgan fingerprint density at radius 3 is 2.39 bits per heavy atom. The number of methoxy groups -OCH3 is 1. The maximum absolute atomic E-state index is 15.4. The fraction of sp³-hybridized carbons (Fsp3) is 0.565. The van der Waals surface area contributed by atoms with Crippen molar-refractivity contribution >= 4 is 22.6 Å². The summed E-state index contributed by atoms with van der Waals surface area (Å²) in [4.78, 5) is 28.9. The highest BCUT2D eigenvalue weighted by atomic mass is 19.1. The number of benzene rings is 1. The summed E-state index contributed by atoms with van der Waals surface area (Å²) in [6.07, 6.45) is 5.02. The van der Waals surface area contributed by atoms with E-state index < -0.39 is 17.2 Å². The lowest BCUT2D eigenvalue weighted by Crippen LogP contribution is -2.45. The summed E-state index contributed by atoms with van der Waals surface area (Å²) in [6.45, 7) is 7.69. The molecule has 31 heavy (non-hydrogen) atoms. The number of aromatic nitrogens is 1. The Morgan fingerprint density at radius 2 is 1.87 bits per heavy atom. The lowest BCUT2D eigenvalue weighted by atomic mass is 10.0. The third-order valence-corrected chi connectivity index (χ3v) is 6.68. The second-order valence-corrected chi connectivity index (χ2v) is 8.39. The zero-order valence-electron chi connectivity index (χ0n) is 18.4. The van der Waals surface area contributed by atoms with Crippen LogP contribution in [0.1, 0.15) is 55.9 Å². The average molecular weight is 432 g/mol. The number of carboxylic acid groups (broad SMARTS) is 1. The predicted molar refractivity (Wildman–Crippen MR) is 118 cm³/mol. The van der Waals surface area contributed by atoms with Gasteiger partial charge in [-0.05, 0) is 44.8 Å². The number of nitrogens with zero attached hydrogens (tertiary/aromatic N) is 3. The Bertz CT molecular complexity index is 1050. The Hall–Kier alpha value is -2.61. The van der Waals surface area contributed by atoms with Crippen LogP contribution >= 0.6 is 0 Å². The molecule has 2 aromatic rings. The summed E-state index contributed by atoms with van der Waals surface area (Å²) in [5.74, 6) is -1.53. The van der Waals surface area contributed by atoms with Crippen LogP contribution in [0.5, 0.6) is 5.75 Å². The molecular weight excluding hydrogens is 401 g/mol. The molecule has 2 heterocycles. The fourth-order valence-corrected chi connectivity index (χ4v) is 4.92. The highest BCUT2D eigenvalue weighted by Crippen LogP contribution is 2.44. The van der Waals surface area contributed by atoms with Crippen LogP contribution in [0.2, 0.25) is 0 Å². The third kappa shape index (κ3) is 3.78. The third-order valence-electron chi connectivity index (χ3n) is 6.68. The quantitative estimate of drug-likeness (QED) is 0.723. The number of aromatic carboxylic acids is 1. The molecule has 0 atom stereocenters. The summed E-state index contributed by atoms with van der Waals surface area (Å²) >= 11 is 0. The van der Waals surface area contributed by atoms with Crippen LogP contribution < -0.4 is 15.1 Å². The Balaban J connectivity index is 1.82. The minimum absolute atomic E-state index is 0.0583. The van der Waals surface area contributed by atoms with Gasteiger partial charge in [-0.1, -0.05) is 13.8 Å². The van der Waals surface area contributed by atoms with Gasteiger partial charge in [-0.3, -0.25) is 4.79 Å². The molecule has 4 rings (SSSR count). The van der Waals surface area contributed by atoms with Crippen molar-refractivity contribution in [1.29, 1.82) is 0 Å². The van der Waals surface area contributed by atoms with Crippen LogP contribution in [0.15, 0.2) is 17.1 Å². The molecule has 1 saturated carbocycles. The Kier molecular flexibility index (Phi) is 5.92. The summed E-state index contributed by atoms with van der Waals surface area (Å²) in [7, 11) is 1.48. The van der Waals surface area contributed by atoms with Crippen LogP contribution in [0.4, 0.5) is 10.1 Å². The number of piperidine rings is 1. The van der Waals surface area contributed by atoms with Crippen molar-refractivity contribution in [2.45, 2.75) is 51.6 Å². The number of ether oxygens (including phenoxy) is 1. The number of fused-ring (bicyclic) bond motifs is 1. The normalized spacial score (nSPS) is 17.5. The highest BCUT2D eigenvalue weighted by molar-refractivity contribution is 5.97. The Labute approximate surface area is 181 Å². The van der Waals surface area contributed by atoms with Crippen molar-refractivity contribution in [2.24, 2.45) is 0 Å². The summed E-state index contributed by atoms with van der Waals surface area (Å²) in [6, 6.07) is 1.77. The monoisotopic (exact) mass is 431 g/mol. The van der Waals surface area contributed by atoms with E-state index in [2.05, 4.69) is 18.7 Å². The van der Waals surface area contributed by atoms with Gasteiger partial charge in [0.1, 0.15) is 11.3 Å². The number of anilines is 1. The van der Waals surface area contributed by atoms with Crippen LogP contribution in [-0.4, -0.2) is 59.9 Å². The topological polar surface area (TPSA) is 75.0 Å². The number of pyridine rings is 1. The van der Waals surface area contributed by atoms with Gasteiger partial charge in [0.25, 0.3) is 0 Å². The van der Waals surface area contributed by atoms with Crippen LogP contribution in [0.3, 0.4) is 0 Å². The first-order valence-electron chi connectivity index (χ1n) is 11.1. The van der Waals surface area contributed by atoms with Crippen LogP contribution in [0, 0.1) is 5.82 Å². The van der Waals surface area contributed by atoms with E-state index in [1.807, 2.05) is 4.90 Å². The van der Waals surface area contributed by atoms with Crippen molar-refractivity contribution in [3.05, 3.63) is 33.9 Å². The molecule has 1 aromatic heterocycles. The van der Waals surface area contributed by atoms with Crippen molar-refractivity contribution in [1.82, 2.24) is 9.47 Å². The second-order valence-electron chi connectivity index (χ2n) is 8.39. The lowest BCUT2D eigenvalue weighted by Gasteiger charge is -2.39. The number of halogens is 1. The highest BCUT2D eigenvalue weighted by Gasteiger charge is 2.32. The molecule has 0 bridgehead atoms. The van der Waals surface area contributed by atoms with E-state index in [1.165, 1.54) is 19.4 Å². The minimum Gasteiger partial charge on any atom is -0.492 e. The molecule has 7 nitrogen and oxygen atoms in total. The number of rotatable bonds is 7. The van der Waals surface area contributed by atoms with Crippen molar-refractivity contribution in [3.63, 3.8) is 0 Å². The summed E-state index contributed by atoms with van der Waals surface area (Å²) < 4.78 is 22.9. The molecule has 1 aromatic carbocycles. The molecule has 168 valence electrons. The largest absolute Gasteiger partial charge is 0.492 e. The molecule has 2 aliphatic rings. The van der Waals surface area contributed by atoms with Crippen molar-refractivity contribution < 1.29 is 19.0 Å². The van der Waals surface area contributed by atoms with E-state index in [-0.39, 0.29) is 17.0 Å². The van der Waals surface area contributed by atoms with Crippen molar-refractivity contribution in [2.75, 3.05) is 38.2 Å². The summed E-state index contributed by atoms with van der Waals surface area (Å²) in [5, 5.41) is 9.52. The average Bonchev–Trinajstić information content (AvgIpc) is 3.60. The molecule has 2 fully saturated rings. The van der Waals surface area contributed by atoms with Gasteiger partial charge in [0.2, 0.25) is 5.43 Å². The van der Waals surface area contributed by atoms with Crippen LogP contribution in [-0.2, 0) is 0 Å². The van der Waals surface area contributed by atoms with E-state index >= 15 is 4.39 Å². The van der Waals surface area contributed by atoms with E-state index in [4.69, 9.17) is 4.74 Å². The number of carboxylic acids is 1. The molecule has 8 heteroatoms. The van der Waals surface area contributed by atoms with E-state index in [0.717, 1.165) is 38.8 Å². The van der Waals surface area contributed by atoms with E-state index in [1.54, 1.807) is 4.57 Å². The van der Waals surface area contributed by atoms with E-state index in [0.29, 0.717) is 36.1 Å². The molecule has 0 unspecified atom stereocenters. The lowest BCUT2D eigenvalue weighted by molar-refractivity contribution is 0.0695. The van der Waals surface area contributed by atoms with E-state index in [9.17, 15) is 14.7 Å². The van der Waals surface area contributed by atoms with Gasteiger partial charge in [-0.2, -0.15) is 0 Å². The standard InChI is InChI=1S/C23H30FN3O4/c1-4-25(5-2)14-8-10-26(11-9-14)20-18(24)12-16-19(22(20)31-3)27(15-6-7-15)13-17(21(16)28)23(29)30/h12-15H,4-11H2,1-3H3,(H,29,30). The molecule has 1 N–H and O–H groups in total. The molecule has 0 amide bonds. The van der Waals surface area contributed by atoms with Gasteiger partial charge in [0.15, 0.2) is 11.6 Å². The Morgan fingerprint density at radius 1 is 1.23 bits per heavy atom. The van der Waals surface area contributed by atoms with Gasteiger partial charge in [-0.25, -0.2) is 9.18 Å². The molecule has 0 spiro atoms. The minimum atomic E-state index is -1.30. The first kappa shape index (κ1) is 21.6. The van der Waals surface area contributed by atoms with Gasteiger partial charge in [0.05, 0.1) is 18.0 Å². The van der Waals surface area contributed by atoms with Gasteiger partial charge >= 0.3 is 5.97 Å². The zero-order chi connectivity index (χ0) is 22.3. The number of hydrogen-bond acceptors (Lipinski definition) is 5. The fourth-order valence-electron chi connectivity index (χ4n) is 4.92. The molecule has 0 radical (unpaired) electrons. The number of carbonyl (C=O) groups is 1. The van der Waals surface area contributed by atoms with Gasteiger partial charge in [0, 0.05) is 31.4 Å². The van der Waals surface area contributed by atoms with Gasteiger partial charge in [-0.15, -0.1) is 0 Å². The smallest absolute Gasteiger partial charge is 0.341 e. The van der Waals surface area contributed by atoms with Crippen molar-refractivity contribution in [3.8, 4) is 5.75 Å². The molecular formula is C23H30FN3O4. The first-order valence-corrected chi connectivity index (χ1v) is 11.1. The molecule has 1 aliphatic carbocycles. The second kappa shape index (κ2) is 8.49. The predicted octanol–water partition coefficient (Wildman–Crippen LogP) is 3.49. The first-order chi connectivity index (χ1) is 14.9. The number of hydrogen-bond donors (Lipinski definition) is 1. The molecule has 1 saturated heterocycles. The maximum atomic E-state index is 15.4. The van der Waals surface area contributed by atoms with Gasteiger partial charge < -0.3 is 24.2 Å². The molecule has 1 aliphatic heterocycles. The SMILES string of the molecule is CCN(CC)C1CCN(c2c(F)cc3c(=O)c(C(=O)O)cn(C4CC4)c3c2OC)CC1. The van der Waals surface area contributed by atoms with Crippen LogP contribution in [0.25, 0.3) is 10.9 Å².